The Morgan fingerprint density at radius 2 is 2.17 bits per heavy atom. The Morgan fingerprint density at radius 3 is 2.87 bits per heavy atom. The molecule has 0 saturated carbocycles. The van der Waals surface area contributed by atoms with E-state index in [2.05, 4.69) is 9.72 Å². The minimum absolute atomic E-state index is 0.206. The summed E-state index contributed by atoms with van der Waals surface area (Å²) in [6.07, 6.45) is 0. The lowest BCUT2D eigenvalue weighted by atomic mass is 10.1. The number of fused-ring (bicyclic) bond motifs is 1. The number of aromatic nitrogens is 1. The Bertz CT molecular complexity index is 928. The van der Waals surface area contributed by atoms with Crippen LogP contribution in [0.3, 0.4) is 0 Å². The van der Waals surface area contributed by atoms with Gasteiger partial charge in [-0.2, -0.15) is 0 Å². The summed E-state index contributed by atoms with van der Waals surface area (Å²) in [5.41, 5.74) is 0.945. The first-order valence-corrected chi connectivity index (χ1v) is 7.65. The van der Waals surface area contributed by atoms with Crippen LogP contribution < -0.4 is 10.4 Å². The molecule has 0 saturated heterocycles. The standard InChI is InChI=1S/C16H13NO5S/c1-9-17-13(8-23-9)12-5-10-3-4-11(21-7-15(18)20-2)6-14(10)22-16(12)19/h3-6,8H,7H2,1-2H3. The highest BCUT2D eigenvalue weighted by atomic mass is 32.1. The van der Waals surface area contributed by atoms with Gasteiger partial charge in [-0.1, -0.05) is 0 Å². The number of hydrogen-bond donors (Lipinski definition) is 0. The molecule has 0 aliphatic carbocycles. The second-order valence-electron chi connectivity index (χ2n) is 4.76. The summed E-state index contributed by atoms with van der Waals surface area (Å²) >= 11 is 1.47. The number of carbonyl (C=O) groups excluding carboxylic acids is 1. The lowest BCUT2D eigenvalue weighted by Crippen LogP contribution is -2.12. The third kappa shape index (κ3) is 3.24. The van der Waals surface area contributed by atoms with Crippen molar-refractivity contribution in [1.29, 1.82) is 0 Å². The van der Waals surface area contributed by atoms with Crippen LogP contribution in [-0.4, -0.2) is 24.7 Å². The van der Waals surface area contributed by atoms with Gasteiger partial charge >= 0.3 is 11.6 Å². The molecule has 2 heterocycles. The molecule has 0 bridgehead atoms. The van der Waals surface area contributed by atoms with Crippen molar-refractivity contribution < 1.29 is 18.7 Å². The third-order valence-electron chi connectivity index (χ3n) is 3.19. The maximum absolute atomic E-state index is 12.1. The van der Waals surface area contributed by atoms with Crippen LogP contribution in [0.2, 0.25) is 0 Å². The molecule has 23 heavy (non-hydrogen) atoms. The summed E-state index contributed by atoms with van der Waals surface area (Å²) in [6.45, 7) is 1.67. The molecule has 0 atom stereocenters. The summed E-state index contributed by atoms with van der Waals surface area (Å²) in [6, 6.07) is 6.75. The van der Waals surface area contributed by atoms with E-state index in [1.807, 2.05) is 12.3 Å². The van der Waals surface area contributed by atoms with E-state index in [0.717, 1.165) is 10.4 Å². The fourth-order valence-electron chi connectivity index (χ4n) is 2.05. The van der Waals surface area contributed by atoms with Gasteiger partial charge in [0.05, 0.1) is 23.4 Å². The normalized spacial score (nSPS) is 10.7. The number of methoxy groups -OCH3 is 1. The van der Waals surface area contributed by atoms with E-state index in [0.29, 0.717) is 22.6 Å². The predicted octanol–water partition coefficient (Wildman–Crippen LogP) is 2.78. The summed E-state index contributed by atoms with van der Waals surface area (Å²) in [4.78, 5) is 27.5. The number of hydrogen-bond acceptors (Lipinski definition) is 7. The predicted molar refractivity (Wildman–Crippen MR) is 85.8 cm³/mol. The maximum Gasteiger partial charge on any atom is 0.345 e. The highest BCUT2D eigenvalue weighted by Gasteiger charge is 2.11. The van der Waals surface area contributed by atoms with Gasteiger partial charge in [0.25, 0.3) is 0 Å². The first-order chi connectivity index (χ1) is 11.1. The molecule has 3 aromatic rings. The molecule has 0 radical (unpaired) electrons. The van der Waals surface area contributed by atoms with Crippen LogP contribution in [0.5, 0.6) is 5.75 Å². The van der Waals surface area contributed by atoms with Gasteiger partial charge in [0.1, 0.15) is 11.3 Å². The van der Waals surface area contributed by atoms with Gasteiger partial charge in [-0.25, -0.2) is 14.6 Å². The molecule has 0 aliphatic heterocycles. The molecule has 6 nitrogen and oxygen atoms in total. The van der Waals surface area contributed by atoms with Crippen molar-refractivity contribution in [2.45, 2.75) is 6.92 Å². The van der Waals surface area contributed by atoms with Gasteiger partial charge in [-0.05, 0) is 25.1 Å². The monoisotopic (exact) mass is 331 g/mol. The fourth-order valence-corrected chi connectivity index (χ4v) is 2.66. The maximum atomic E-state index is 12.1. The zero-order valence-corrected chi connectivity index (χ0v) is 13.3. The van der Waals surface area contributed by atoms with E-state index in [9.17, 15) is 9.59 Å². The average Bonchev–Trinajstić information content (AvgIpc) is 2.97. The molecule has 0 unspecified atom stereocenters. The number of rotatable bonds is 4. The summed E-state index contributed by atoms with van der Waals surface area (Å²) < 4.78 is 15.1. The largest absolute Gasteiger partial charge is 0.482 e. The molecule has 118 valence electrons. The van der Waals surface area contributed by atoms with E-state index in [1.165, 1.54) is 18.4 Å². The van der Waals surface area contributed by atoms with Crippen molar-refractivity contribution in [2.75, 3.05) is 13.7 Å². The Kier molecular flexibility index (Phi) is 4.12. The molecule has 0 amide bonds. The zero-order chi connectivity index (χ0) is 16.4. The zero-order valence-electron chi connectivity index (χ0n) is 12.5. The van der Waals surface area contributed by atoms with Crippen LogP contribution in [0.25, 0.3) is 22.2 Å². The van der Waals surface area contributed by atoms with E-state index in [-0.39, 0.29) is 6.61 Å². The topological polar surface area (TPSA) is 78.6 Å². The van der Waals surface area contributed by atoms with E-state index < -0.39 is 11.6 Å². The van der Waals surface area contributed by atoms with Gasteiger partial charge in [-0.3, -0.25) is 0 Å². The Morgan fingerprint density at radius 1 is 1.35 bits per heavy atom. The SMILES string of the molecule is COC(=O)COc1ccc2cc(-c3csc(C)n3)c(=O)oc2c1. The van der Waals surface area contributed by atoms with Crippen LogP contribution in [-0.2, 0) is 9.53 Å². The highest BCUT2D eigenvalue weighted by molar-refractivity contribution is 7.09. The number of esters is 1. The second-order valence-corrected chi connectivity index (χ2v) is 5.83. The molecule has 0 N–H and O–H groups in total. The van der Waals surface area contributed by atoms with Crippen molar-refractivity contribution in [3.8, 4) is 17.0 Å². The van der Waals surface area contributed by atoms with Crippen LogP contribution in [0.1, 0.15) is 5.01 Å². The Hall–Kier alpha value is -2.67. The minimum atomic E-state index is -0.485. The average molecular weight is 331 g/mol. The van der Waals surface area contributed by atoms with E-state index in [4.69, 9.17) is 9.15 Å². The summed E-state index contributed by atoms with van der Waals surface area (Å²) in [7, 11) is 1.28. The molecular formula is C16H13NO5S. The number of carbonyl (C=O) groups is 1. The van der Waals surface area contributed by atoms with Gasteiger partial charge in [-0.15, -0.1) is 11.3 Å². The first kappa shape index (κ1) is 15.2. The molecule has 0 aliphatic rings. The molecule has 7 heteroatoms. The van der Waals surface area contributed by atoms with Crippen molar-refractivity contribution in [2.24, 2.45) is 0 Å². The molecule has 0 fully saturated rings. The lowest BCUT2D eigenvalue weighted by molar-refractivity contribution is -0.142. The van der Waals surface area contributed by atoms with E-state index >= 15 is 0 Å². The van der Waals surface area contributed by atoms with Gasteiger partial charge in [0.15, 0.2) is 6.61 Å². The van der Waals surface area contributed by atoms with Crippen LogP contribution >= 0.6 is 11.3 Å². The molecule has 1 aromatic carbocycles. The van der Waals surface area contributed by atoms with Crippen molar-refractivity contribution in [3.05, 3.63) is 45.1 Å². The minimum Gasteiger partial charge on any atom is -0.482 e. The van der Waals surface area contributed by atoms with Crippen molar-refractivity contribution in [1.82, 2.24) is 4.98 Å². The quantitative estimate of drug-likeness (QED) is 0.540. The van der Waals surface area contributed by atoms with Gasteiger partial charge in [0, 0.05) is 16.8 Å². The second kappa shape index (κ2) is 6.21. The van der Waals surface area contributed by atoms with Crippen LogP contribution in [0.4, 0.5) is 0 Å². The molecular weight excluding hydrogens is 318 g/mol. The number of ether oxygens (including phenoxy) is 2. The Labute approximate surface area is 135 Å². The third-order valence-corrected chi connectivity index (χ3v) is 3.96. The molecule has 0 spiro atoms. The van der Waals surface area contributed by atoms with Crippen LogP contribution in [0, 0.1) is 6.92 Å². The number of thiazole rings is 1. The fraction of sp³-hybridized carbons (Fsp3) is 0.188. The molecule has 2 aromatic heterocycles. The summed E-state index contributed by atoms with van der Waals surface area (Å²) in [5, 5.41) is 3.45. The number of nitrogens with zero attached hydrogens (tertiary/aromatic N) is 1. The van der Waals surface area contributed by atoms with Crippen LogP contribution in [0.15, 0.2) is 38.9 Å². The first-order valence-electron chi connectivity index (χ1n) is 6.77. The Balaban J connectivity index is 1.96. The highest BCUT2D eigenvalue weighted by Crippen LogP contribution is 2.25. The molecule has 3 rings (SSSR count). The lowest BCUT2D eigenvalue weighted by Gasteiger charge is -2.06. The number of aryl methyl sites for hydroxylation is 1. The van der Waals surface area contributed by atoms with Gasteiger partial charge in [0.2, 0.25) is 0 Å². The van der Waals surface area contributed by atoms with Crippen molar-refractivity contribution in [3.63, 3.8) is 0 Å². The van der Waals surface area contributed by atoms with Gasteiger partial charge < -0.3 is 13.9 Å². The summed E-state index contributed by atoms with van der Waals surface area (Å²) in [5.74, 6) is -0.0656. The van der Waals surface area contributed by atoms with Crippen molar-refractivity contribution >= 4 is 28.3 Å². The number of benzene rings is 1. The van der Waals surface area contributed by atoms with E-state index in [1.54, 1.807) is 24.3 Å². The smallest absolute Gasteiger partial charge is 0.345 e.